The molecule has 0 radical (unpaired) electrons. The molecule has 0 N–H and O–H groups in total. The van der Waals surface area contributed by atoms with Gasteiger partial charge < -0.3 is 0 Å². The van der Waals surface area contributed by atoms with E-state index in [1.807, 2.05) is 11.3 Å². The van der Waals surface area contributed by atoms with Crippen molar-refractivity contribution < 1.29 is 0 Å². The maximum atomic E-state index is 2.53. The van der Waals surface area contributed by atoms with Crippen LogP contribution in [0.15, 0.2) is 133 Å². The third-order valence-electron chi connectivity index (χ3n) is 15.7. The summed E-state index contributed by atoms with van der Waals surface area (Å²) in [7, 11) is 0. The number of aryl methyl sites for hydroxylation is 7. The van der Waals surface area contributed by atoms with E-state index in [1.54, 1.807) is 11.1 Å². The zero-order valence-electron chi connectivity index (χ0n) is 37.1. The summed E-state index contributed by atoms with van der Waals surface area (Å²) in [6, 6.07) is 52.7. The summed E-state index contributed by atoms with van der Waals surface area (Å²) in [6.45, 7) is 16.0. The van der Waals surface area contributed by atoms with Crippen LogP contribution in [0.5, 0.6) is 0 Å². The summed E-state index contributed by atoms with van der Waals surface area (Å²) >= 11 is 1.93. The fourth-order valence-electron chi connectivity index (χ4n) is 13.6. The lowest BCUT2D eigenvalue weighted by Crippen LogP contribution is -2.55. The molecule has 4 bridgehead atoms. The van der Waals surface area contributed by atoms with Crippen LogP contribution in [-0.2, 0) is 10.8 Å². The van der Waals surface area contributed by atoms with Gasteiger partial charge in [0.15, 0.2) is 0 Å². The Labute approximate surface area is 368 Å². The molecule has 0 nitrogen and oxygen atoms in total. The lowest BCUT2D eigenvalue weighted by atomic mass is 9.34. The van der Waals surface area contributed by atoms with E-state index < -0.39 is 0 Å². The van der Waals surface area contributed by atoms with E-state index in [-0.39, 0.29) is 12.1 Å². The number of hydrogen-bond acceptors (Lipinski definition) is 1. The van der Waals surface area contributed by atoms with Gasteiger partial charge in [-0.05, 0) is 167 Å². The van der Waals surface area contributed by atoms with Crippen LogP contribution in [-0.4, -0.2) is 6.71 Å². The molecule has 61 heavy (non-hydrogen) atoms. The summed E-state index contributed by atoms with van der Waals surface area (Å²) in [5.74, 6) is 1.66. The molecule has 0 saturated heterocycles. The monoisotopic (exact) mass is 808 g/mol. The molecule has 4 aliphatic carbocycles. The normalized spacial score (nSPS) is 21.8. The van der Waals surface area contributed by atoms with Gasteiger partial charge in [-0.3, -0.25) is 0 Å². The van der Waals surface area contributed by atoms with Crippen LogP contribution < -0.4 is 16.4 Å². The highest BCUT2D eigenvalue weighted by atomic mass is 32.1. The quantitative estimate of drug-likeness (QED) is 0.141. The van der Waals surface area contributed by atoms with Gasteiger partial charge in [0.05, 0.1) is 0 Å². The fourth-order valence-corrected chi connectivity index (χ4v) is 14.7. The smallest absolute Gasteiger partial charge is 0.135 e. The molecule has 4 aliphatic rings. The van der Waals surface area contributed by atoms with E-state index in [4.69, 9.17) is 0 Å². The Morgan fingerprint density at radius 1 is 0.426 bits per heavy atom. The second-order valence-electron chi connectivity index (χ2n) is 20.2. The summed E-state index contributed by atoms with van der Waals surface area (Å²) in [4.78, 5) is 0. The van der Waals surface area contributed by atoms with Gasteiger partial charge in [0.1, 0.15) is 0 Å². The molecule has 0 amide bonds. The Morgan fingerprint density at radius 2 is 0.836 bits per heavy atom. The minimum atomic E-state index is 0.165. The van der Waals surface area contributed by atoms with Gasteiger partial charge in [0.2, 0.25) is 6.71 Å². The average molecular weight is 809 g/mol. The Hall–Kier alpha value is -5.18. The third kappa shape index (κ3) is 6.55. The van der Waals surface area contributed by atoms with Crippen LogP contribution in [0.4, 0.5) is 0 Å². The van der Waals surface area contributed by atoms with E-state index >= 15 is 0 Å². The summed E-state index contributed by atoms with van der Waals surface area (Å²) in [6.07, 6.45) is 8.14. The van der Waals surface area contributed by atoms with Crippen molar-refractivity contribution in [3.63, 3.8) is 0 Å². The maximum Gasteiger partial charge on any atom is 0.242 e. The molecule has 2 unspecified atom stereocenters. The van der Waals surface area contributed by atoms with Gasteiger partial charge in [-0.15, -0.1) is 11.3 Å². The molecule has 7 aromatic carbocycles. The molecule has 0 aliphatic heterocycles. The van der Waals surface area contributed by atoms with Crippen molar-refractivity contribution in [1.29, 1.82) is 0 Å². The fraction of sp³-hybridized carbons (Fsp3) is 0.288. The Balaban J connectivity index is 0.933. The third-order valence-corrected chi connectivity index (χ3v) is 16.8. The van der Waals surface area contributed by atoms with Crippen molar-refractivity contribution in [1.82, 2.24) is 0 Å². The molecular formula is C59H57BS. The zero-order chi connectivity index (χ0) is 41.8. The lowest BCUT2D eigenvalue weighted by molar-refractivity contribution is -0.0281. The molecule has 1 aromatic heterocycles. The van der Waals surface area contributed by atoms with Crippen LogP contribution in [0.2, 0.25) is 0 Å². The van der Waals surface area contributed by atoms with Crippen molar-refractivity contribution in [2.24, 2.45) is 11.8 Å². The first-order chi connectivity index (χ1) is 29.4. The van der Waals surface area contributed by atoms with Gasteiger partial charge in [-0.1, -0.05) is 171 Å². The largest absolute Gasteiger partial charge is 0.242 e. The van der Waals surface area contributed by atoms with E-state index in [2.05, 4.69) is 182 Å². The molecule has 4 fully saturated rings. The minimum absolute atomic E-state index is 0.165. The molecular weight excluding hydrogens is 752 g/mol. The molecule has 302 valence electrons. The van der Waals surface area contributed by atoms with Crippen LogP contribution in [0, 0.1) is 60.3 Å². The Bertz CT molecular complexity index is 2880. The highest BCUT2D eigenvalue weighted by molar-refractivity contribution is 7.25. The van der Waals surface area contributed by atoms with Gasteiger partial charge in [0, 0.05) is 14.8 Å². The number of benzene rings is 7. The first-order valence-corrected chi connectivity index (χ1v) is 23.7. The van der Waals surface area contributed by atoms with Crippen molar-refractivity contribution in [2.75, 3.05) is 0 Å². The maximum absolute atomic E-state index is 2.53. The summed E-state index contributed by atoms with van der Waals surface area (Å²) in [5.41, 5.74) is 22.8. The van der Waals surface area contributed by atoms with Crippen LogP contribution in [0.3, 0.4) is 0 Å². The molecule has 8 aromatic rings. The average Bonchev–Trinajstić information content (AvgIpc) is 3.60. The van der Waals surface area contributed by atoms with Gasteiger partial charge >= 0.3 is 0 Å². The standard InChI is InChI=1S/C59H57BS/c1-36-8-10-45(11-9-36)46-12-17-49(18-13-46)58-31-43-28-44(32-58)34-59(33-43,35-58)50-19-14-47(15-20-50)48-16-22-54-52(29-48)53-30-51(21-23-55(53)61-54)60(56-39(4)24-37(2)25-40(56)5)57-41(6)26-38(3)27-42(57)7/h8-27,29-30,43-44H,28,31-35H2,1-7H3. The zero-order valence-corrected chi connectivity index (χ0v) is 37.9. The van der Waals surface area contributed by atoms with E-state index in [1.165, 1.54) is 136 Å². The Morgan fingerprint density at radius 3 is 1.33 bits per heavy atom. The summed E-state index contributed by atoms with van der Waals surface area (Å²) in [5, 5.41) is 2.74. The first kappa shape index (κ1) is 38.7. The Kier molecular flexibility index (Phi) is 9.18. The predicted octanol–water partition coefficient (Wildman–Crippen LogP) is 13.9. The second-order valence-corrected chi connectivity index (χ2v) is 21.3. The van der Waals surface area contributed by atoms with Gasteiger partial charge in [-0.25, -0.2) is 0 Å². The van der Waals surface area contributed by atoms with Crippen LogP contribution >= 0.6 is 11.3 Å². The van der Waals surface area contributed by atoms with E-state index in [0.29, 0.717) is 5.41 Å². The number of hydrogen-bond donors (Lipinski definition) is 0. The minimum Gasteiger partial charge on any atom is -0.135 e. The predicted molar refractivity (Wildman–Crippen MR) is 265 cm³/mol. The van der Waals surface area contributed by atoms with Crippen molar-refractivity contribution in [3.8, 4) is 22.3 Å². The van der Waals surface area contributed by atoms with Crippen LogP contribution in [0.25, 0.3) is 42.4 Å². The SMILES string of the molecule is Cc1ccc(-c2ccc(C34CC5CC(C3)CC(c3ccc(-c6ccc7sc8ccc(B(c9c(C)cc(C)cc9C)c9c(C)cc(C)cc9C)cc8c7c6)cc3)(C5)C4)cc2)cc1. The molecule has 12 rings (SSSR count). The number of thiophene rings is 1. The first-order valence-electron chi connectivity index (χ1n) is 22.8. The van der Waals surface area contributed by atoms with Crippen LogP contribution in [0.1, 0.15) is 88.6 Å². The van der Waals surface area contributed by atoms with Gasteiger partial charge in [0.25, 0.3) is 0 Å². The molecule has 0 spiro atoms. The molecule has 2 heteroatoms. The van der Waals surface area contributed by atoms with E-state index in [9.17, 15) is 0 Å². The highest BCUT2D eigenvalue weighted by Gasteiger charge is 2.58. The van der Waals surface area contributed by atoms with E-state index in [0.717, 1.165) is 11.8 Å². The summed E-state index contributed by atoms with van der Waals surface area (Å²) < 4.78 is 2.72. The van der Waals surface area contributed by atoms with Crippen molar-refractivity contribution in [2.45, 2.75) is 97.8 Å². The lowest BCUT2D eigenvalue weighted by Gasteiger charge is -2.63. The number of fused-ring (bicyclic) bond motifs is 3. The topological polar surface area (TPSA) is 0 Å². The molecule has 1 heterocycles. The highest BCUT2D eigenvalue weighted by Crippen LogP contribution is 2.66. The number of rotatable bonds is 7. The molecule has 2 atom stereocenters. The van der Waals surface area contributed by atoms with Crippen molar-refractivity contribution in [3.05, 3.63) is 184 Å². The van der Waals surface area contributed by atoms with Gasteiger partial charge in [-0.2, -0.15) is 0 Å². The second kappa shape index (κ2) is 14.5. The van der Waals surface area contributed by atoms with Crippen molar-refractivity contribution >= 4 is 54.6 Å². The molecule has 4 saturated carbocycles.